The quantitative estimate of drug-likeness (QED) is 0.696. The molecule has 0 saturated heterocycles. The summed E-state index contributed by atoms with van der Waals surface area (Å²) in [5, 5.41) is 10.2. The first-order valence-electron chi connectivity index (χ1n) is 7.63. The van der Waals surface area contributed by atoms with E-state index in [4.69, 9.17) is 20.9 Å². The fraction of sp³-hybridized carbons (Fsp3) is 0.375. The van der Waals surface area contributed by atoms with E-state index in [1.807, 2.05) is 17.0 Å². The lowest BCUT2D eigenvalue weighted by atomic mass is 10.2. The predicted molar refractivity (Wildman–Crippen MR) is 89.5 cm³/mol. The Kier molecular flexibility index (Phi) is 4.68. The SMILES string of the molecule is COc1ccc(OCC(O)CN2Cc3nc(N)nc(N)c3C2)cc1. The number of hydrogen-bond acceptors (Lipinski definition) is 8. The van der Waals surface area contributed by atoms with Crippen molar-refractivity contribution in [2.24, 2.45) is 0 Å². The second kappa shape index (κ2) is 6.90. The minimum atomic E-state index is -0.632. The van der Waals surface area contributed by atoms with Gasteiger partial charge in [-0.1, -0.05) is 0 Å². The summed E-state index contributed by atoms with van der Waals surface area (Å²) in [5.74, 6) is 2.03. The molecule has 0 radical (unpaired) electrons. The van der Waals surface area contributed by atoms with Gasteiger partial charge in [0, 0.05) is 25.2 Å². The highest BCUT2D eigenvalue weighted by Gasteiger charge is 2.25. The predicted octanol–water partition coefficient (Wildman–Crippen LogP) is 0.405. The van der Waals surface area contributed by atoms with Crippen LogP contribution in [0, 0.1) is 0 Å². The Morgan fingerprint density at radius 2 is 1.88 bits per heavy atom. The summed E-state index contributed by atoms with van der Waals surface area (Å²) >= 11 is 0. The smallest absolute Gasteiger partial charge is 0.222 e. The van der Waals surface area contributed by atoms with Gasteiger partial charge in [-0.15, -0.1) is 0 Å². The van der Waals surface area contributed by atoms with E-state index in [2.05, 4.69) is 9.97 Å². The molecule has 1 aromatic heterocycles. The highest BCUT2D eigenvalue weighted by Crippen LogP contribution is 2.25. The van der Waals surface area contributed by atoms with Crippen LogP contribution in [0.5, 0.6) is 11.5 Å². The van der Waals surface area contributed by atoms with Gasteiger partial charge in [-0.3, -0.25) is 4.90 Å². The zero-order valence-corrected chi connectivity index (χ0v) is 13.5. The Balaban J connectivity index is 1.51. The maximum absolute atomic E-state index is 10.2. The molecule has 0 bridgehead atoms. The van der Waals surface area contributed by atoms with Gasteiger partial charge >= 0.3 is 0 Å². The van der Waals surface area contributed by atoms with E-state index >= 15 is 0 Å². The van der Waals surface area contributed by atoms with Gasteiger partial charge in [-0.05, 0) is 24.3 Å². The summed E-state index contributed by atoms with van der Waals surface area (Å²) in [6, 6.07) is 7.22. The number of rotatable bonds is 6. The molecule has 8 nitrogen and oxygen atoms in total. The number of β-amino-alcohol motifs (C(OH)–C–C–N with tert-alkyl or cyclic N) is 1. The molecular formula is C16H21N5O3. The Bertz CT molecular complexity index is 708. The molecule has 24 heavy (non-hydrogen) atoms. The van der Waals surface area contributed by atoms with E-state index in [0.29, 0.717) is 31.2 Å². The normalized spacial score (nSPS) is 15.1. The van der Waals surface area contributed by atoms with Crippen LogP contribution in [0.2, 0.25) is 0 Å². The van der Waals surface area contributed by atoms with Crippen LogP contribution < -0.4 is 20.9 Å². The molecule has 8 heteroatoms. The fourth-order valence-corrected chi connectivity index (χ4v) is 2.71. The number of aromatic nitrogens is 2. The molecule has 0 saturated carbocycles. The van der Waals surface area contributed by atoms with E-state index in [1.54, 1.807) is 19.2 Å². The fourth-order valence-electron chi connectivity index (χ4n) is 2.71. The molecule has 128 valence electrons. The summed E-state index contributed by atoms with van der Waals surface area (Å²) in [7, 11) is 1.61. The van der Waals surface area contributed by atoms with Crippen molar-refractivity contribution in [1.29, 1.82) is 0 Å². The van der Waals surface area contributed by atoms with Gasteiger partial charge in [0.1, 0.15) is 30.0 Å². The summed E-state index contributed by atoms with van der Waals surface area (Å²) in [5.41, 5.74) is 13.2. The highest BCUT2D eigenvalue weighted by molar-refractivity contribution is 5.47. The number of nitrogens with zero attached hydrogens (tertiary/aromatic N) is 3. The van der Waals surface area contributed by atoms with Crippen molar-refractivity contribution in [3.8, 4) is 11.5 Å². The second-order valence-corrected chi connectivity index (χ2v) is 5.70. The molecule has 3 rings (SSSR count). The van der Waals surface area contributed by atoms with Crippen molar-refractivity contribution in [2.45, 2.75) is 19.2 Å². The van der Waals surface area contributed by atoms with Crippen LogP contribution in [0.3, 0.4) is 0 Å². The number of benzene rings is 1. The number of hydrogen-bond donors (Lipinski definition) is 3. The highest BCUT2D eigenvalue weighted by atomic mass is 16.5. The molecule has 0 amide bonds. The van der Waals surface area contributed by atoms with Gasteiger partial charge < -0.3 is 26.0 Å². The molecule has 2 heterocycles. The zero-order valence-electron chi connectivity index (χ0n) is 13.5. The topological polar surface area (TPSA) is 120 Å². The molecule has 1 atom stereocenters. The molecule has 0 fully saturated rings. The van der Waals surface area contributed by atoms with Crippen LogP contribution in [-0.4, -0.2) is 46.3 Å². The zero-order chi connectivity index (χ0) is 17.1. The van der Waals surface area contributed by atoms with Gasteiger partial charge in [-0.25, -0.2) is 4.98 Å². The monoisotopic (exact) mass is 331 g/mol. The third-order valence-electron chi connectivity index (χ3n) is 3.87. The summed E-state index contributed by atoms with van der Waals surface area (Å²) in [6.07, 6.45) is -0.632. The number of ether oxygens (including phenoxy) is 2. The Hall–Kier alpha value is -2.58. The number of nitrogens with two attached hydrogens (primary N) is 2. The van der Waals surface area contributed by atoms with Crippen molar-refractivity contribution in [2.75, 3.05) is 31.7 Å². The lowest BCUT2D eigenvalue weighted by Crippen LogP contribution is -2.32. The number of anilines is 2. The summed E-state index contributed by atoms with van der Waals surface area (Å²) < 4.78 is 10.7. The maximum Gasteiger partial charge on any atom is 0.222 e. The number of fused-ring (bicyclic) bond motifs is 1. The minimum Gasteiger partial charge on any atom is -0.497 e. The first kappa shape index (κ1) is 16.3. The van der Waals surface area contributed by atoms with Gasteiger partial charge in [-0.2, -0.15) is 4.98 Å². The van der Waals surface area contributed by atoms with Gasteiger partial charge in [0.25, 0.3) is 0 Å². The van der Waals surface area contributed by atoms with Crippen LogP contribution in [0.4, 0.5) is 11.8 Å². The minimum absolute atomic E-state index is 0.177. The molecule has 2 aromatic rings. The molecule has 0 aliphatic carbocycles. The van der Waals surface area contributed by atoms with Gasteiger partial charge in [0.05, 0.1) is 12.8 Å². The number of nitrogen functional groups attached to an aromatic ring is 2. The molecule has 1 aromatic carbocycles. The number of aliphatic hydroxyl groups excluding tert-OH is 1. The van der Waals surface area contributed by atoms with Crippen LogP contribution >= 0.6 is 0 Å². The van der Waals surface area contributed by atoms with Crippen LogP contribution in [0.15, 0.2) is 24.3 Å². The lowest BCUT2D eigenvalue weighted by Gasteiger charge is -2.19. The molecule has 1 unspecified atom stereocenters. The number of methoxy groups -OCH3 is 1. The summed E-state index contributed by atoms with van der Waals surface area (Å²) in [6.45, 7) is 1.83. The third kappa shape index (κ3) is 3.66. The van der Waals surface area contributed by atoms with E-state index in [9.17, 15) is 5.11 Å². The van der Waals surface area contributed by atoms with Gasteiger partial charge in [0.2, 0.25) is 5.95 Å². The van der Waals surface area contributed by atoms with Crippen molar-refractivity contribution in [3.05, 3.63) is 35.5 Å². The molecule has 1 aliphatic heterocycles. The van der Waals surface area contributed by atoms with Gasteiger partial charge in [0.15, 0.2) is 0 Å². The van der Waals surface area contributed by atoms with Crippen LogP contribution in [0.25, 0.3) is 0 Å². The van der Waals surface area contributed by atoms with E-state index < -0.39 is 6.10 Å². The van der Waals surface area contributed by atoms with Crippen molar-refractivity contribution >= 4 is 11.8 Å². The largest absolute Gasteiger partial charge is 0.497 e. The van der Waals surface area contributed by atoms with Crippen molar-refractivity contribution in [1.82, 2.24) is 14.9 Å². The number of aliphatic hydroxyl groups is 1. The van der Waals surface area contributed by atoms with E-state index in [0.717, 1.165) is 17.0 Å². The molecule has 1 aliphatic rings. The van der Waals surface area contributed by atoms with Crippen molar-refractivity contribution in [3.63, 3.8) is 0 Å². The average molecular weight is 331 g/mol. The Morgan fingerprint density at radius 1 is 1.17 bits per heavy atom. The van der Waals surface area contributed by atoms with Crippen LogP contribution in [0.1, 0.15) is 11.3 Å². The maximum atomic E-state index is 10.2. The average Bonchev–Trinajstić information content (AvgIpc) is 2.96. The molecular weight excluding hydrogens is 310 g/mol. The van der Waals surface area contributed by atoms with E-state index in [-0.39, 0.29) is 12.6 Å². The Labute approximate surface area is 140 Å². The molecule has 0 spiro atoms. The van der Waals surface area contributed by atoms with Crippen LogP contribution in [-0.2, 0) is 13.1 Å². The lowest BCUT2D eigenvalue weighted by molar-refractivity contribution is 0.0671. The Morgan fingerprint density at radius 3 is 2.58 bits per heavy atom. The summed E-state index contributed by atoms with van der Waals surface area (Å²) in [4.78, 5) is 10.2. The van der Waals surface area contributed by atoms with Crippen molar-refractivity contribution < 1.29 is 14.6 Å². The second-order valence-electron chi connectivity index (χ2n) is 5.70. The third-order valence-corrected chi connectivity index (χ3v) is 3.87. The van der Waals surface area contributed by atoms with E-state index in [1.165, 1.54) is 0 Å². The first-order valence-corrected chi connectivity index (χ1v) is 7.63. The first-order chi connectivity index (χ1) is 11.5. The standard InChI is InChI=1S/C16H21N5O3/c1-23-11-2-4-12(5-3-11)24-9-10(22)6-21-7-13-14(8-21)19-16(18)20-15(13)17/h2-5,10,22H,6-9H2,1H3,(H4,17,18,19,20). The molecule has 5 N–H and O–H groups in total.